The topological polar surface area (TPSA) is 202 Å². The van der Waals surface area contributed by atoms with Crippen LogP contribution in [0.25, 0.3) is 11.3 Å². The van der Waals surface area contributed by atoms with Crippen molar-refractivity contribution in [3.05, 3.63) is 201 Å². The summed E-state index contributed by atoms with van der Waals surface area (Å²) in [5, 5.41) is 31.9. The number of aryl methyl sites for hydroxylation is 2. The van der Waals surface area contributed by atoms with Gasteiger partial charge < -0.3 is 26.4 Å². The summed E-state index contributed by atoms with van der Waals surface area (Å²) in [5.74, 6) is -5.23. The normalized spacial score (nSPS) is 12.7. The first-order valence-corrected chi connectivity index (χ1v) is 23.7. The van der Waals surface area contributed by atoms with E-state index in [2.05, 4.69) is 15.3 Å². The Morgan fingerprint density at radius 1 is 0.469 bits per heavy atom. The second-order valence-electron chi connectivity index (χ2n) is 17.0. The number of anilines is 2. The maximum Gasteiger partial charge on any atom is 0.354 e. The highest BCUT2D eigenvalue weighted by Gasteiger charge is 2.35. The number of pyridine rings is 2. The molecule has 4 aromatic heterocycles. The molecule has 13 nitrogen and oxygen atoms in total. The summed E-state index contributed by atoms with van der Waals surface area (Å²) in [6.07, 6.45) is 5.44. The molecule has 98 heavy (non-hydrogen) atoms. The molecule has 2 aliphatic rings. The predicted octanol–water partition coefficient (Wildman–Crippen LogP) is 20.5. The number of nitrogens with zero attached hydrogens (tertiary/aromatic N) is 4. The molecule has 10 rings (SSSR count). The number of carboxylic acids is 1. The van der Waals surface area contributed by atoms with E-state index in [1.165, 1.54) is 60.9 Å². The quantitative estimate of drug-likeness (QED) is 0.0526. The van der Waals surface area contributed by atoms with Crippen LogP contribution in [0.3, 0.4) is 0 Å². The van der Waals surface area contributed by atoms with Crippen molar-refractivity contribution in [3.63, 3.8) is 0 Å². The van der Waals surface area contributed by atoms with Crippen LogP contribution >= 0.6 is 0 Å². The van der Waals surface area contributed by atoms with Gasteiger partial charge in [0.25, 0.3) is 5.91 Å². The van der Waals surface area contributed by atoms with E-state index in [1.54, 1.807) is 45.5 Å². The zero-order valence-corrected chi connectivity index (χ0v) is 48.0. The molecule has 0 unspecified atom stereocenters. The van der Waals surface area contributed by atoms with Crippen molar-refractivity contribution in [2.24, 2.45) is 0 Å². The molecule has 0 bridgehead atoms. The molecule has 0 spiro atoms. The van der Waals surface area contributed by atoms with E-state index < -0.39 is 59.2 Å². The van der Waals surface area contributed by atoms with Crippen LogP contribution in [0.15, 0.2) is 122 Å². The summed E-state index contributed by atoms with van der Waals surface area (Å²) >= 11 is 0. The molecule has 4 atom stereocenters. The number of benzene rings is 4. The van der Waals surface area contributed by atoms with Crippen LogP contribution in [0.1, 0.15) is 99.8 Å². The minimum absolute atomic E-state index is 0. The maximum atomic E-state index is 14.5. The zero-order valence-electron chi connectivity index (χ0n) is 48.0. The molecule has 1 amide bonds. The molecule has 6 N–H and O–H groups in total. The van der Waals surface area contributed by atoms with E-state index >= 15 is 0 Å². The summed E-state index contributed by atoms with van der Waals surface area (Å²) in [5.41, 5.74) is 12.2. The van der Waals surface area contributed by atoms with Crippen LogP contribution in [0.5, 0.6) is 0 Å². The Bertz CT molecular complexity index is 3380. The van der Waals surface area contributed by atoms with Crippen molar-refractivity contribution in [1.29, 1.82) is 0 Å². The zero-order chi connectivity index (χ0) is 77.3. The van der Waals surface area contributed by atoms with Gasteiger partial charge in [-0.3, -0.25) is 27.9 Å². The van der Waals surface area contributed by atoms with Gasteiger partial charge in [0.15, 0.2) is 17.3 Å². The van der Waals surface area contributed by atoms with Crippen LogP contribution in [0.2, 0.25) is 0 Å². The van der Waals surface area contributed by atoms with E-state index in [-0.39, 0.29) is 63.0 Å². The van der Waals surface area contributed by atoms with Gasteiger partial charge in [-0.05, 0) is 133 Å². The van der Waals surface area contributed by atoms with E-state index in [4.69, 9.17) is 139 Å². The number of aliphatic hydroxyl groups is 2. The van der Waals surface area contributed by atoms with Gasteiger partial charge >= 0.3 is 5.97 Å². The average molecular weight is 1490 g/mol. The van der Waals surface area contributed by atoms with Crippen LogP contribution < -0.4 is 11.1 Å². The lowest BCUT2D eigenvalue weighted by atomic mass is 9.91. The summed E-state index contributed by atoms with van der Waals surface area (Å²) in [6, 6.07) is 23.5. The van der Waals surface area contributed by atoms with Crippen LogP contribution in [-0.4, -0.2) is 69.7 Å². The lowest BCUT2D eigenvalue weighted by molar-refractivity contribution is 0.0688. The third-order valence-electron chi connectivity index (χ3n) is 12.2. The van der Waals surface area contributed by atoms with E-state index in [0.29, 0.717) is 35.3 Å². The highest BCUT2D eigenvalue weighted by atomic mass is 20.0. The highest BCUT2D eigenvalue weighted by Crippen LogP contribution is 2.39. The molecule has 0 radical (unpaired) electrons. The SMILES string of the molecule is Cc1ccc2ncc(C(=O)Nc3cc(C(=O)C[C@@H]4c5cc(F)ccc5C[C@@H]4O)ccc3F)n2c1.Cc1ccc2ncc(C(=O)O)n2c1.F.FF.FF.FF.FF.FF.FF.FF.FF.FF.FF.FF.FF.FF.FF.Nc1cc(C(=O)C[C@@H]2c3cc(F)ccc3C[C@@H]2O)ccc1F. The van der Waals surface area contributed by atoms with E-state index in [1.807, 2.05) is 26.0 Å². The largest absolute Gasteiger partial charge is 0.477 e. The second-order valence-corrected chi connectivity index (χ2v) is 17.0. The molecule has 0 saturated heterocycles. The van der Waals surface area contributed by atoms with Crippen LogP contribution in [-0.2, 0) is 12.8 Å². The number of rotatable bonds is 9. The first kappa shape index (κ1) is 104. The molecule has 46 heteroatoms. The number of amides is 1. The highest BCUT2D eigenvalue weighted by molar-refractivity contribution is 6.05. The molecule has 556 valence electrons. The number of hydrogen-bond acceptors (Lipinski definition) is 9. The lowest BCUT2D eigenvalue weighted by Crippen LogP contribution is -2.18. The third kappa shape index (κ3) is 32.6. The van der Waals surface area contributed by atoms with Gasteiger partial charge in [-0.1, -0.05) is 24.3 Å². The molecule has 8 aromatic rings. The Morgan fingerprint density at radius 2 is 0.806 bits per heavy atom. The Morgan fingerprint density at radius 3 is 1.16 bits per heavy atom. The van der Waals surface area contributed by atoms with Crippen molar-refractivity contribution >= 4 is 46.1 Å². The minimum Gasteiger partial charge on any atom is -0.477 e. The number of fused-ring (bicyclic) bond motifs is 4. The minimum atomic E-state index is -0.960. The number of aromatic nitrogens is 4. The number of ketones is 2. The first-order chi connectivity index (χ1) is 46.9. The summed E-state index contributed by atoms with van der Waals surface area (Å²) < 4.78 is 282. The Hall–Kier alpha value is -10.1. The van der Waals surface area contributed by atoms with E-state index in [0.717, 1.165) is 34.4 Å². The number of nitrogens with one attached hydrogen (secondary N) is 1. The van der Waals surface area contributed by atoms with Gasteiger partial charge in [0.2, 0.25) is 0 Å². The van der Waals surface area contributed by atoms with Crippen molar-refractivity contribution in [2.45, 2.75) is 63.6 Å². The van der Waals surface area contributed by atoms with Gasteiger partial charge in [-0.15, -0.1) is 0 Å². The number of nitrogen functional groups attached to an aromatic ring is 1. The molecular weight excluding hydrogens is 1450 g/mol. The summed E-state index contributed by atoms with van der Waals surface area (Å²) in [6.45, 7) is 3.79. The Kier molecular flexibility index (Phi) is 66.9. The number of aromatic carboxylic acids is 1. The maximum absolute atomic E-state index is 14.5. The number of Topliss-reactive ketones (excluding diaryl/α,β-unsaturated/α-hetero) is 2. The molecule has 2 aliphatic carbocycles. The summed E-state index contributed by atoms with van der Waals surface area (Å²) in [7, 11) is 0. The molecule has 0 saturated carbocycles. The van der Waals surface area contributed by atoms with Gasteiger partial charge in [0.1, 0.15) is 40.3 Å². The smallest absolute Gasteiger partial charge is 0.354 e. The standard InChI is InChI=1S/C26H21F2N3O3.C17H15F2NO2.C9H8N2O2.14F2.FH/c1-14-2-7-25-29-12-22(31(25)13-14)26(34)30-21-8-16(4-6-20(21)28)23(32)11-19-18-10-17(27)5-3-15(18)9-24(19)33;18-11-3-1-9-6-17(22)13(12(9)7-11)8-16(21)10-2-4-14(19)15(20)5-10;1-6-2-3-8-10-4-7(9(12)13)11(8)5-6;14*1-2;/h2-8,10,12-13,19,24,33H,9,11H2,1H3,(H,30,34);1-5,7,13,17,22H,6,8,20H2;2-5H,1H3,(H,12,13);;;;;;;;;;;;;;;1H/t19-,24+;13-,17+;;;;;;;;;;;;;;;;/m11................/s1. The average Bonchev–Trinajstić information content (AvgIpc) is 1.81. The molecular formula is C52H45F33N6O7. The first-order valence-electron chi connectivity index (χ1n) is 23.7. The van der Waals surface area contributed by atoms with Crippen molar-refractivity contribution < 1.29 is 185 Å². The van der Waals surface area contributed by atoms with Gasteiger partial charge in [-0.25, -0.2) is 32.3 Å². The number of nitrogens with two attached hydrogens (primary N) is 1. The second kappa shape index (κ2) is 63.0. The molecule has 4 aromatic carbocycles. The number of aliphatic hydroxyl groups excluding tert-OH is 2. The third-order valence-corrected chi connectivity index (χ3v) is 12.2. The fraction of sp³-hybridized carbons (Fsp3) is 0.192. The predicted molar refractivity (Wildman–Crippen MR) is 281 cm³/mol. The number of carbonyl (C=O) groups excluding carboxylic acids is 3. The monoisotopic (exact) mass is 1490 g/mol. The van der Waals surface area contributed by atoms with E-state index in [9.17, 15) is 47.0 Å². The van der Waals surface area contributed by atoms with Crippen LogP contribution in [0, 0.1) is 37.1 Å². The van der Waals surface area contributed by atoms with Gasteiger partial charge in [0, 0.05) is 176 Å². The number of hydrogen-bond donors (Lipinski definition) is 5. The molecule has 0 aliphatic heterocycles. The van der Waals surface area contributed by atoms with Crippen molar-refractivity contribution in [3.8, 4) is 0 Å². The fourth-order valence-electron chi connectivity index (χ4n) is 8.67. The molecule has 0 fully saturated rings. The Labute approximate surface area is 525 Å². The Balaban J connectivity index is -0.000000183. The number of carboxylic acid groups (broad SMARTS) is 1. The van der Waals surface area contributed by atoms with Crippen LogP contribution in [0.4, 0.5) is 162 Å². The van der Waals surface area contributed by atoms with Crippen molar-refractivity contribution in [2.75, 3.05) is 11.1 Å². The number of halogens is 33. The van der Waals surface area contributed by atoms with Gasteiger partial charge in [-0.2, -0.15) is 0 Å². The number of imidazole rings is 2. The molecule has 4 heterocycles. The van der Waals surface area contributed by atoms with Crippen molar-refractivity contribution in [1.82, 2.24) is 18.8 Å². The number of carbonyl (C=O) groups is 4. The lowest BCUT2D eigenvalue weighted by Gasteiger charge is -2.16. The summed E-state index contributed by atoms with van der Waals surface area (Å²) in [4.78, 5) is 57.0. The van der Waals surface area contributed by atoms with Gasteiger partial charge in [0.05, 0.1) is 36.0 Å². The fourth-order valence-corrected chi connectivity index (χ4v) is 8.67.